The standard InChI is InChI=1S/C12H16F3NO3S2/c1-8-11(6-10(7-17)20-8)21(18,19)16-4-2-9(3-5-16)12(13,14)15/h6,9,17H,2-5,7H2,1H3. The fourth-order valence-electron chi connectivity index (χ4n) is 2.42. The number of aliphatic hydroxyl groups is 1. The molecule has 0 spiro atoms. The van der Waals surface area contributed by atoms with Crippen molar-refractivity contribution in [1.29, 1.82) is 0 Å². The number of aliphatic hydroxyl groups excluding tert-OH is 1. The summed E-state index contributed by atoms with van der Waals surface area (Å²) < 4.78 is 63.9. The van der Waals surface area contributed by atoms with E-state index in [1.807, 2.05) is 0 Å². The second-order valence-corrected chi connectivity index (χ2v) is 8.26. The number of sulfonamides is 1. The highest BCUT2D eigenvalue weighted by atomic mass is 32.2. The Bertz CT molecular complexity index is 602. The summed E-state index contributed by atoms with van der Waals surface area (Å²) in [6.07, 6.45) is -4.68. The van der Waals surface area contributed by atoms with Gasteiger partial charge in [-0.15, -0.1) is 11.3 Å². The van der Waals surface area contributed by atoms with E-state index < -0.39 is 22.1 Å². The van der Waals surface area contributed by atoms with E-state index in [-0.39, 0.29) is 37.4 Å². The summed E-state index contributed by atoms with van der Waals surface area (Å²) in [5.74, 6) is -1.43. The fraction of sp³-hybridized carbons (Fsp3) is 0.667. The smallest absolute Gasteiger partial charge is 0.391 e. The number of hydrogen-bond acceptors (Lipinski definition) is 4. The lowest BCUT2D eigenvalue weighted by Gasteiger charge is -2.32. The van der Waals surface area contributed by atoms with E-state index in [1.54, 1.807) is 6.92 Å². The summed E-state index contributed by atoms with van der Waals surface area (Å²) in [4.78, 5) is 1.15. The molecule has 1 N–H and O–H groups in total. The average Bonchev–Trinajstić information content (AvgIpc) is 2.80. The monoisotopic (exact) mass is 343 g/mol. The van der Waals surface area contributed by atoms with Crippen LogP contribution in [0.25, 0.3) is 0 Å². The van der Waals surface area contributed by atoms with Crippen LogP contribution in [0.1, 0.15) is 22.6 Å². The van der Waals surface area contributed by atoms with Gasteiger partial charge in [-0.25, -0.2) is 8.42 Å². The zero-order valence-corrected chi connectivity index (χ0v) is 13.0. The highest BCUT2D eigenvalue weighted by Crippen LogP contribution is 2.36. The number of thiophene rings is 1. The third kappa shape index (κ3) is 3.41. The fourth-order valence-corrected chi connectivity index (χ4v) is 5.35. The summed E-state index contributed by atoms with van der Waals surface area (Å²) in [6.45, 7) is 1.11. The molecule has 21 heavy (non-hydrogen) atoms. The van der Waals surface area contributed by atoms with Crippen molar-refractivity contribution < 1.29 is 26.7 Å². The first-order valence-corrected chi connectivity index (χ1v) is 8.69. The lowest BCUT2D eigenvalue weighted by atomic mass is 9.98. The maximum Gasteiger partial charge on any atom is 0.391 e. The topological polar surface area (TPSA) is 57.6 Å². The van der Waals surface area contributed by atoms with Crippen molar-refractivity contribution in [2.75, 3.05) is 13.1 Å². The molecule has 0 saturated carbocycles. The molecule has 0 amide bonds. The van der Waals surface area contributed by atoms with E-state index in [0.717, 1.165) is 4.31 Å². The molecule has 1 aromatic rings. The number of piperidine rings is 1. The Morgan fingerprint density at radius 2 is 1.95 bits per heavy atom. The van der Waals surface area contributed by atoms with E-state index in [1.165, 1.54) is 17.4 Å². The lowest BCUT2D eigenvalue weighted by Crippen LogP contribution is -2.42. The minimum absolute atomic E-state index is 0.0852. The van der Waals surface area contributed by atoms with Gasteiger partial charge in [0, 0.05) is 22.8 Å². The van der Waals surface area contributed by atoms with Crippen LogP contribution < -0.4 is 0 Å². The predicted molar refractivity (Wildman–Crippen MR) is 72.5 cm³/mol. The second-order valence-electron chi connectivity index (χ2n) is 5.01. The lowest BCUT2D eigenvalue weighted by molar-refractivity contribution is -0.182. The Balaban J connectivity index is 2.17. The Labute approximate surface area is 125 Å². The molecule has 1 aliphatic rings. The molecule has 1 fully saturated rings. The first-order chi connectivity index (χ1) is 9.66. The Hall–Kier alpha value is -0.640. The van der Waals surface area contributed by atoms with Crippen LogP contribution in [-0.2, 0) is 16.6 Å². The van der Waals surface area contributed by atoms with Gasteiger partial charge in [0.15, 0.2) is 0 Å². The summed E-state index contributed by atoms with van der Waals surface area (Å²) >= 11 is 1.17. The maximum atomic E-state index is 12.6. The maximum absolute atomic E-state index is 12.6. The Morgan fingerprint density at radius 1 is 1.38 bits per heavy atom. The number of aryl methyl sites for hydroxylation is 1. The van der Waals surface area contributed by atoms with E-state index in [0.29, 0.717) is 9.75 Å². The third-order valence-corrected chi connectivity index (χ3v) is 6.80. The molecule has 0 aromatic carbocycles. The number of hydrogen-bond donors (Lipinski definition) is 1. The van der Waals surface area contributed by atoms with Crippen molar-refractivity contribution >= 4 is 21.4 Å². The second kappa shape index (κ2) is 5.86. The summed E-state index contributed by atoms with van der Waals surface area (Å²) in [7, 11) is -3.79. The number of halogens is 3. The molecule has 0 bridgehead atoms. The van der Waals surface area contributed by atoms with Gasteiger partial charge in [-0.3, -0.25) is 0 Å². The molecule has 0 aliphatic carbocycles. The van der Waals surface area contributed by atoms with E-state index in [2.05, 4.69) is 0 Å². The normalized spacial score (nSPS) is 19.1. The quantitative estimate of drug-likeness (QED) is 0.917. The van der Waals surface area contributed by atoms with Crippen LogP contribution in [0.5, 0.6) is 0 Å². The van der Waals surface area contributed by atoms with E-state index in [9.17, 15) is 21.6 Å². The molecule has 2 heterocycles. The van der Waals surface area contributed by atoms with Crippen molar-refractivity contribution in [2.45, 2.75) is 37.4 Å². The number of rotatable bonds is 3. The molecule has 4 nitrogen and oxygen atoms in total. The molecule has 1 aromatic heterocycles. The molecule has 0 unspecified atom stereocenters. The van der Waals surface area contributed by atoms with Crippen molar-refractivity contribution in [3.63, 3.8) is 0 Å². The van der Waals surface area contributed by atoms with Gasteiger partial charge in [-0.2, -0.15) is 17.5 Å². The van der Waals surface area contributed by atoms with Crippen LogP contribution in [0.3, 0.4) is 0 Å². The van der Waals surface area contributed by atoms with Crippen LogP contribution in [0.2, 0.25) is 0 Å². The van der Waals surface area contributed by atoms with Gasteiger partial charge >= 0.3 is 6.18 Å². The minimum atomic E-state index is -4.27. The van der Waals surface area contributed by atoms with Crippen molar-refractivity contribution in [2.24, 2.45) is 5.92 Å². The van der Waals surface area contributed by atoms with Gasteiger partial charge in [0.25, 0.3) is 0 Å². The minimum Gasteiger partial charge on any atom is -0.391 e. The van der Waals surface area contributed by atoms with Crippen LogP contribution in [0, 0.1) is 12.8 Å². The van der Waals surface area contributed by atoms with Gasteiger partial charge in [0.05, 0.1) is 17.4 Å². The van der Waals surface area contributed by atoms with Crippen LogP contribution in [0.4, 0.5) is 13.2 Å². The first-order valence-electron chi connectivity index (χ1n) is 6.43. The Kier molecular flexibility index (Phi) is 4.67. The predicted octanol–water partition coefficient (Wildman–Crippen LogP) is 2.51. The molecular weight excluding hydrogens is 327 g/mol. The van der Waals surface area contributed by atoms with Crippen molar-refractivity contribution in [3.8, 4) is 0 Å². The van der Waals surface area contributed by atoms with Gasteiger partial charge in [0.2, 0.25) is 10.0 Å². The molecule has 9 heteroatoms. The molecule has 0 radical (unpaired) electrons. The van der Waals surface area contributed by atoms with E-state index >= 15 is 0 Å². The van der Waals surface area contributed by atoms with E-state index in [4.69, 9.17) is 5.11 Å². The van der Waals surface area contributed by atoms with Crippen molar-refractivity contribution in [1.82, 2.24) is 4.31 Å². The van der Waals surface area contributed by atoms with Gasteiger partial charge in [0.1, 0.15) is 0 Å². The molecule has 2 rings (SSSR count). The average molecular weight is 343 g/mol. The zero-order valence-electron chi connectivity index (χ0n) is 11.4. The molecular formula is C12H16F3NO3S2. The van der Waals surface area contributed by atoms with Crippen molar-refractivity contribution in [3.05, 3.63) is 15.8 Å². The van der Waals surface area contributed by atoms with Gasteiger partial charge in [-0.1, -0.05) is 0 Å². The van der Waals surface area contributed by atoms with Crippen LogP contribution in [-0.4, -0.2) is 37.1 Å². The number of alkyl halides is 3. The zero-order chi connectivity index (χ0) is 15.8. The van der Waals surface area contributed by atoms with Crippen LogP contribution in [0.15, 0.2) is 11.0 Å². The van der Waals surface area contributed by atoms with Gasteiger partial charge < -0.3 is 5.11 Å². The highest BCUT2D eigenvalue weighted by Gasteiger charge is 2.43. The summed E-state index contributed by atoms with van der Waals surface area (Å²) in [5.41, 5.74) is 0. The molecule has 0 atom stereocenters. The Morgan fingerprint density at radius 3 is 2.38 bits per heavy atom. The molecule has 1 aliphatic heterocycles. The highest BCUT2D eigenvalue weighted by molar-refractivity contribution is 7.89. The molecule has 1 saturated heterocycles. The third-order valence-electron chi connectivity index (χ3n) is 3.61. The SMILES string of the molecule is Cc1sc(CO)cc1S(=O)(=O)N1CCC(C(F)(F)F)CC1. The largest absolute Gasteiger partial charge is 0.391 e. The van der Waals surface area contributed by atoms with Gasteiger partial charge in [-0.05, 0) is 25.8 Å². The molecule has 120 valence electrons. The summed E-state index contributed by atoms with van der Waals surface area (Å²) in [6, 6.07) is 1.39. The first kappa shape index (κ1) is 16.7. The van der Waals surface area contributed by atoms with Crippen LogP contribution >= 0.6 is 11.3 Å². The summed E-state index contributed by atoms with van der Waals surface area (Å²) in [5, 5.41) is 9.05. The number of nitrogens with zero attached hydrogens (tertiary/aromatic N) is 1.